The zero-order chi connectivity index (χ0) is 17.1. The van der Waals surface area contributed by atoms with Gasteiger partial charge in [0.1, 0.15) is 11.3 Å². The SMILES string of the molecule is COc1ccc2ccc(=O)oc2c1C(=O)C(OC(C)=O)=C(C)C. The molecule has 120 valence electrons. The quantitative estimate of drug-likeness (QED) is 0.283. The molecule has 0 spiro atoms. The molecule has 0 aliphatic carbocycles. The number of hydrogen-bond acceptors (Lipinski definition) is 6. The lowest BCUT2D eigenvalue weighted by Crippen LogP contribution is -2.14. The van der Waals surface area contributed by atoms with Gasteiger partial charge in [-0.2, -0.15) is 0 Å². The molecule has 6 nitrogen and oxygen atoms in total. The molecule has 2 rings (SSSR count). The van der Waals surface area contributed by atoms with Crippen LogP contribution in [0.3, 0.4) is 0 Å². The van der Waals surface area contributed by atoms with Crippen LogP contribution in [0.5, 0.6) is 5.75 Å². The van der Waals surface area contributed by atoms with E-state index in [4.69, 9.17) is 13.9 Å². The van der Waals surface area contributed by atoms with E-state index in [1.807, 2.05) is 0 Å². The van der Waals surface area contributed by atoms with Gasteiger partial charge in [0, 0.05) is 18.4 Å². The highest BCUT2D eigenvalue weighted by Gasteiger charge is 2.25. The van der Waals surface area contributed by atoms with Crippen LogP contribution in [0.1, 0.15) is 31.1 Å². The second kappa shape index (κ2) is 6.48. The summed E-state index contributed by atoms with van der Waals surface area (Å²) in [6.45, 7) is 4.49. The number of ketones is 1. The Morgan fingerprint density at radius 1 is 1.04 bits per heavy atom. The minimum Gasteiger partial charge on any atom is -0.496 e. The molecule has 1 aromatic heterocycles. The summed E-state index contributed by atoms with van der Waals surface area (Å²) in [5.41, 5.74) is 0.0569. The monoisotopic (exact) mass is 316 g/mol. The Balaban J connectivity index is 2.76. The Labute approximate surface area is 132 Å². The van der Waals surface area contributed by atoms with Gasteiger partial charge < -0.3 is 13.9 Å². The van der Waals surface area contributed by atoms with Crippen LogP contribution in [0, 0.1) is 0 Å². The molecule has 0 fully saturated rings. The number of esters is 1. The minimum atomic E-state index is -0.616. The average Bonchev–Trinajstić information content (AvgIpc) is 2.50. The number of carbonyl (C=O) groups excluding carboxylic acids is 2. The Bertz CT molecular complexity index is 868. The number of Topliss-reactive ketones (excluding diaryl/α,β-unsaturated/α-hetero) is 1. The summed E-state index contributed by atoms with van der Waals surface area (Å²) < 4.78 is 15.4. The van der Waals surface area contributed by atoms with Gasteiger partial charge in [-0.15, -0.1) is 0 Å². The van der Waals surface area contributed by atoms with Crippen LogP contribution in [0.25, 0.3) is 11.0 Å². The number of rotatable bonds is 4. The molecule has 0 atom stereocenters. The standard InChI is InChI=1S/C17H16O6/c1-9(2)16(22-10(3)18)15(20)14-12(21-4)7-5-11-6-8-13(19)23-17(11)14/h5-8H,1-4H3. The molecule has 0 N–H and O–H groups in total. The first-order chi connectivity index (χ1) is 10.8. The molecule has 0 amide bonds. The number of allylic oxidation sites excluding steroid dienone is 2. The van der Waals surface area contributed by atoms with E-state index in [0.29, 0.717) is 11.0 Å². The zero-order valence-corrected chi connectivity index (χ0v) is 13.3. The molecule has 23 heavy (non-hydrogen) atoms. The fraction of sp³-hybridized carbons (Fsp3) is 0.235. The van der Waals surface area contributed by atoms with Crippen LogP contribution in [0.4, 0.5) is 0 Å². The Kier molecular flexibility index (Phi) is 4.64. The van der Waals surface area contributed by atoms with E-state index in [-0.39, 0.29) is 22.7 Å². The van der Waals surface area contributed by atoms with Crippen LogP contribution in [0.15, 0.2) is 44.8 Å². The summed E-state index contributed by atoms with van der Waals surface area (Å²) in [6, 6.07) is 6.07. The predicted molar refractivity (Wildman–Crippen MR) is 83.5 cm³/mol. The van der Waals surface area contributed by atoms with Gasteiger partial charge in [-0.05, 0) is 37.6 Å². The van der Waals surface area contributed by atoms with Gasteiger partial charge in [0.15, 0.2) is 11.3 Å². The first-order valence-electron chi connectivity index (χ1n) is 6.86. The Hall–Kier alpha value is -2.89. The van der Waals surface area contributed by atoms with Gasteiger partial charge in [0.25, 0.3) is 0 Å². The lowest BCUT2D eigenvalue weighted by Gasteiger charge is -2.12. The predicted octanol–water partition coefficient (Wildman–Crippen LogP) is 2.84. The lowest BCUT2D eigenvalue weighted by atomic mass is 10.0. The van der Waals surface area contributed by atoms with E-state index in [1.54, 1.807) is 32.0 Å². The zero-order valence-electron chi connectivity index (χ0n) is 13.3. The third kappa shape index (κ3) is 3.31. The number of methoxy groups -OCH3 is 1. The van der Waals surface area contributed by atoms with E-state index >= 15 is 0 Å². The Morgan fingerprint density at radius 3 is 2.26 bits per heavy atom. The maximum absolute atomic E-state index is 12.8. The smallest absolute Gasteiger partial charge is 0.336 e. The molecule has 0 saturated heterocycles. The fourth-order valence-electron chi connectivity index (χ4n) is 2.13. The summed E-state index contributed by atoms with van der Waals surface area (Å²) in [7, 11) is 1.40. The largest absolute Gasteiger partial charge is 0.496 e. The van der Waals surface area contributed by atoms with Crippen molar-refractivity contribution in [1.82, 2.24) is 0 Å². The van der Waals surface area contributed by atoms with Crippen molar-refractivity contribution in [2.24, 2.45) is 0 Å². The number of hydrogen-bond donors (Lipinski definition) is 0. The van der Waals surface area contributed by atoms with Crippen molar-refractivity contribution in [2.75, 3.05) is 7.11 Å². The fourth-order valence-corrected chi connectivity index (χ4v) is 2.13. The van der Waals surface area contributed by atoms with Crippen molar-refractivity contribution < 1.29 is 23.5 Å². The van der Waals surface area contributed by atoms with Gasteiger partial charge in [-0.3, -0.25) is 9.59 Å². The molecule has 1 heterocycles. The summed E-state index contributed by atoms with van der Waals surface area (Å²) in [5, 5.41) is 0.560. The minimum absolute atomic E-state index is 0.0418. The molecule has 6 heteroatoms. The highest BCUT2D eigenvalue weighted by molar-refractivity contribution is 6.16. The van der Waals surface area contributed by atoms with Gasteiger partial charge in [-0.1, -0.05) is 0 Å². The van der Waals surface area contributed by atoms with E-state index in [1.165, 1.54) is 20.1 Å². The summed E-state index contributed by atoms with van der Waals surface area (Å²) in [5.74, 6) is -1.09. The van der Waals surface area contributed by atoms with E-state index < -0.39 is 17.4 Å². The van der Waals surface area contributed by atoms with Crippen LogP contribution in [0.2, 0.25) is 0 Å². The second-order valence-electron chi connectivity index (χ2n) is 5.07. The van der Waals surface area contributed by atoms with Gasteiger partial charge >= 0.3 is 11.6 Å². The maximum Gasteiger partial charge on any atom is 0.336 e. The molecule has 0 aliphatic rings. The van der Waals surface area contributed by atoms with Crippen molar-refractivity contribution >= 4 is 22.7 Å². The maximum atomic E-state index is 12.8. The molecule has 0 saturated carbocycles. The molecule has 0 radical (unpaired) electrons. The lowest BCUT2D eigenvalue weighted by molar-refractivity contribution is -0.136. The van der Waals surface area contributed by atoms with Crippen molar-refractivity contribution in [3.8, 4) is 5.75 Å². The van der Waals surface area contributed by atoms with Gasteiger partial charge in [0.05, 0.1) is 7.11 Å². The van der Waals surface area contributed by atoms with Crippen molar-refractivity contribution in [2.45, 2.75) is 20.8 Å². The van der Waals surface area contributed by atoms with Crippen LogP contribution in [-0.2, 0) is 9.53 Å². The molecular formula is C17H16O6. The van der Waals surface area contributed by atoms with E-state index in [9.17, 15) is 14.4 Å². The molecular weight excluding hydrogens is 300 g/mol. The normalized spacial score (nSPS) is 10.3. The molecule has 1 aromatic carbocycles. The summed E-state index contributed by atoms with van der Waals surface area (Å²) in [4.78, 5) is 35.6. The second-order valence-corrected chi connectivity index (χ2v) is 5.07. The highest BCUT2D eigenvalue weighted by atomic mass is 16.5. The highest BCUT2D eigenvalue weighted by Crippen LogP contribution is 2.30. The first kappa shape index (κ1) is 16.5. The van der Waals surface area contributed by atoms with E-state index in [2.05, 4.69) is 0 Å². The van der Waals surface area contributed by atoms with Crippen LogP contribution >= 0.6 is 0 Å². The van der Waals surface area contributed by atoms with Crippen molar-refractivity contribution in [1.29, 1.82) is 0 Å². The van der Waals surface area contributed by atoms with Crippen LogP contribution in [-0.4, -0.2) is 18.9 Å². The average molecular weight is 316 g/mol. The number of ether oxygens (including phenoxy) is 2. The first-order valence-corrected chi connectivity index (χ1v) is 6.86. The van der Waals surface area contributed by atoms with E-state index in [0.717, 1.165) is 0 Å². The van der Waals surface area contributed by atoms with Gasteiger partial charge in [0.2, 0.25) is 5.78 Å². The topological polar surface area (TPSA) is 82.8 Å². The molecule has 0 unspecified atom stereocenters. The molecule has 0 bridgehead atoms. The summed E-state index contributed by atoms with van der Waals surface area (Å²) in [6.07, 6.45) is 0. The number of benzene rings is 1. The van der Waals surface area contributed by atoms with Crippen molar-refractivity contribution in [3.05, 3.63) is 51.6 Å². The third-order valence-corrected chi connectivity index (χ3v) is 3.10. The number of fused-ring (bicyclic) bond motifs is 1. The molecule has 2 aromatic rings. The summed E-state index contributed by atoms with van der Waals surface area (Å²) >= 11 is 0. The van der Waals surface area contributed by atoms with Crippen LogP contribution < -0.4 is 10.4 Å². The van der Waals surface area contributed by atoms with Gasteiger partial charge in [-0.25, -0.2) is 4.79 Å². The Morgan fingerprint density at radius 2 is 1.70 bits per heavy atom. The number of carbonyl (C=O) groups is 2. The molecule has 0 aliphatic heterocycles. The third-order valence-electron chi connectivity index (χ3n) is 3.10. The van der Waals surface area contributed by atoms with Crippen molar-refractivity contribution in [3.63, 3.8) is 0 Å².